The van der Waals surface area contributed by atoms with Gasteiger partial charge in [-0.05, 0) is 18.9 Å². The molecule has 0 atom stereocenters. The zero-order valence-electron chi connectivity index (χ0n) is 14.8. The molecular weight excluding hydrogens is 288 g/mol. The van der Waals surface area contributed by atoms with E-state index in [0.717, 1.165) is 25.5 Å². The Hall–Kier alpha value is -2.04. The van der Waals surface area contributed by atoms with Crippen LogP contribution in [0.15, 0.2) is 35.3 Å². The summed E-state index contributed by atoms with van der Waals surface area (Å²) >= 11 is 0. The van der Waals surface area contributed by atoms with Gasteiger partial charge in [0.15, 0.2) is 5.96 Å². The predicted octanol–water partition coefficient (Wildman–Crippen LogP) is 1.95. The molecule has 3 N–H and O–H groups in total. The molecule has 0 unspecified atom stereocenters. The van der Waals surface area contributed by atoms with Crippen LogP contribution >= 0.6 is 0 Å². The van der Waals surface area contributed by atoms with E-state index in [9.17, 15) is 4.79 Å². The second kappa shape index (κ2) is 9.87. The molecule has 5 nitrogen and oxygen atoms in total. The standard InChI is InChI=1S/C18H30N4O/c1-5-19-17(21-12-11-15-9-7-6-8-10-15)22-14-13-20-16(23)18(2,3)4/h6-10H,5,11-14H2,1-4H3,(H,20,23)(H2,19,21,22). The Labute approximate surface area is 140 Å². The van der Waals surface area contributed by atoms with Crippen LogP contribution in [0.5, 0.6) is 0 Å². The lowest BCUT2D eigenvalue weighted by atomic mass is 9.96. The van der Waals surface area contributed by atoms with Gasteiger partial charge in [-0.15, -0.1) is 0 Å². The summed E-state index contributed by atoms with van der Waals surface area (Å²) in [7, 11) is 0. The number of carbonyl (C=O) groups is 1. The van der Waals surface area contributed by atoms with Crippen molar-refractivity contribution in [1.82, 2.24) is 16.0 Å². The summed E-state index contributed by atoms with van der Waals surface area (Å²) < 4.78 is 0. The third kappa shape index (κ3) is 8.24. The highest BCUT2D eigenvalue weighted by molar-refractivity contribution is 5.81. The lowest BCUT2D eigenvalue weighted by Gasteiger charge is -2.18. The van der Waals surface area contributed by atoms with Crippen molar-refractivity contribution in [2.24, 2.45) is 10.4 Å². The maximum Gasteiger partial charge on any atom is 0.225 e. The zero-order chi connectivity index (χ0) is 17.1. The van der Waals surface area contributed by atoms with Gasteiger partial charge in [-0.1, -0.05) is 51.1 Å². The number of hydrogen-bond acceptors (Lipinski definition) is 2. The van der Waals surface area contributed by atoms with Gasteiger partial charge in [-0.25, -0.2) is 0 Å². The number of amides is 1. The van der Waals surface area contributed by atoms with Crippen molar-refractivity contribution in [1.29, 1.82) is 0 Å². The Morgan fingerprint density at radius 2 is 1.70 bits per heavy atom. The molecule has 1 rings (SSSR count). The minimum Gasteiger partial charge on any atom is -0.357 e. The van der Waals surface area contributed by atoms with E-state index in [-0.39, 0.29) is 11.3 Å². The minimum atomic E-state index is -0.353. The average molecular weight is 318 g/mol. The molecule has 128 valence electrons. The van der Waals surface area contributed by atoms with Crippen molar-refractivity contribution in [3.05, 3.63) is 35.9 Å². The molecule has 0 aromatic heterocycles. The maximum absolute atomic E-state index is 11.8. The first-order chi connectivity index (χ1) is 10.9. The van der Waals surface area contributed by atoms with Crippen LogP contribution in [0.2, 0.25) is 0 Å². The van der Waals surface area contributed by atoms with Gasteiger partial charge in [0.2, 0.25) is 5.91 Å². The lowest BCUT2D eigenvalue weighted by molar-refractivity contribution is -0.128. The number of aliphatic imine (C=N–C) groups is 1. The molecule has 0 aliphatic rings. The summed E-state index contributed by atoms with van der Waals surface area (Å²) in [6.07, 6.45) is 0.915. The molecule has 0 fully saturated rings. The Morgan fingerprint density at radius 1 is 1.04 bits per heavy atom. The van der Waals surface area contributed by atoms with Gasteiger partial charge in [-0.3, -0.25) is 9.79 Å². The molecule has 0 radical (unpaired) electrons. The Kier molecular flexibility index (Phi) is 8.16. The quantitative estimate of drug-likeness (QED) is 0.409. The molecule has 1 amide bonds. The van der Waals surface area contributed by atoms with E-state index in [1.165, 1.54) is 5.56 Å². The van der Waals surface area contributed by atoms with Crippen molar-refractivity contribution in [3.63, 3.8) is 0 Å². The van der Waals surface area contributed by atoms with Crippen molar-refractivity contribution in [3.8, 4) is 0 Å². The van der Waals surface area contributed by atoms with E-state index in [1.807, 2.05) is 45.9 Å². The Balaban J connectivity index is 2.33. The number of nitrogens with zero attached hydrogens (tertiary/aromatic N) is 1. The molecule has 0 saturated carbocycles. The van der Waals surface area contributed by atoms with E-state index in [1.54, 1.807) is 0 Å². The Morgan fingerprint density at radius 3 is 2.30 bits per heavy atom. The van der Waals surface area contributed by atoms with Gasteiger partial charge in [0.1, 0.15) is 0 Å². The van der Waals surface area contributed by atoms with Gasteiger partial charge < -0.3 is 16.0 Å². The van der Waals surface area contributed by atoms with Gasteiger partial charge in [0.25, 0.3) is 0 Å². The lowest BCUT2D eigenvalue weighted by Crippen LogP contribution is -2.43. The molecule has 0 spiro atoms. The third-order valence-electron chi connectivity index (χ3n) is 3.24. The summed E-state index contributed by atoms with van der Waals surface area (Å²) in [5, 5.41) is 9.37. The van der Waals surface area contributed by atoms with Crippen molar-refractivity contribution >= 4 is 11.9 Å². The van der Waals surface area contributed by atoms with E-state index >= 15 is 0 Å². The summed E-state index contributed by atoms with van der Waals surface area (Å²) in [4.78, 5) is 16.3. The second-order valence-electron chi connectivity index (χ2n) is 6.43. The van der Waals surface area contributed by atoms with E-state index < -0.39 is 0 Å². The van der Waals surface area contributed by atoms with Gasteiger partial charge in [-0.2, -0.15) is 0 Å². The molecular formula is C18H30N4O. The van der Waals surface area contributed by atoms with Crippen LogP contribution in [0, 0.1) is 5.41 Å². The van der Waals surface area contributed by atoms with Crippen LogP contribution in [-0.2, 0) is 11.2 Å². The average Bonchev–Trinajstić information content (AvgIpc) is 2.51. The first kappa shape index (κ1) is 19.0. The highest BCUT2D eigenvalue weighted by atomic mass is 16.2. The highest BCUT2D eigenvalue weighted by Gasteiger charge is 2.20. The number of rotatable bonds is 7. The molecule has 0 aliphatic carbocycles. The first-order valence-corrected chi connectivity index (χ1v) is 8.28. The first-order valence-electron chi connectivity index (χ1n) is 8.28. The van der Waals surface area contributed by atoms with Crippen LogP contribution in [0.3, 0.4) is 0 Å². The molecule has 23 heavy (non-hydrogen) atoms. The minimum absolute atomic E-state index is 0.0605. The normalized spacial score (nSPS) is 11.9. The molecule has 5 heteroatoms. The molecule has 0 saturated heterocycles. The SMILES string of the molecule is CCNC(=NCCc1ccccc1)NCCNC(=O)C(C)(C)C. The highest BCUT2D eigenvalue weighted by Crippen LogP contribution is 2.11. The predicted molar refractivity (Wildman–Crippen MR) is 96.6 cm³/mol. The molecule has 1 aromatic rings. The van der Waals surface area contributed by atoms with E-state index in [0.29, 0.717) is 13.1 Å². The summed E-state index contributed by atoms with van der Waals surface area (Å²) in [5.74, 6) is 0.846. The van der Waals surface area contributed by atoms with Crippen LogP contribution in [0.25, 0.3) is 0 Å². The Bertz CT molecular complexity index is 491. The van der Waals surface area contributed by atoms with Crippen molar-refractivity contribution in [2.75, 3.05) is 26.2 Å². The monoisotopic (exact) mass is 318 g/mol. The number of benzene rings is 1. The topological polar surface area (TPSA) is 65.5 Å². The fourth-order valence-corrected chi connectivity index (χ4v) is 1.91. The zero-order valence-corrected chi connectivity index (χ0v) is 14.8. The number of nitrogens with one attached hydrogen (secondary N) is 3. The third-order valence-corrected chi connectivity index (χ3v) is 3.24. The number of guanidine groups is 1. The van der Waals surface area contributed by atoms with Crippen molar-refractivity contribution < 1.29 is 4.79 Å². The van der Waals surface area contributed by atoms with E-state index in [4.69, 9.17) is 0 Å². The van der Waals surface area contributed by atoms with Gasteiger partial charge in [0.05, 0.1) is 0 Å². The smallest absolute Gasteiger partial charge is 0.225 e. The summed E-state index contributed by atoms with van der Waals surface area (Å²) in [5.41, 5.74) is 0.929. The fraction of sp³-hybridized carbons (Fsp3) is 0.556. The molecule has 0 bridgehead atoms. The fourth-order valence-electron chi connectivity index (χ4n) is 1.91. The van der Waals surface area contributed by atoms with E-state index in [2.05, 4.69) is 33.1 Å². The van der Waals surface area contributed by atoms with Gasteiger partial charge in [0, 0.05) is 31.6 Å². The van der Waals surface area contributed by atoms with Crippen LogP contribution in [-0.4, -0.2) is 38.0 Å². The molecule has 1 aromatic carbocycles. The summed E-state index contributed by atoms with van der Waals surface area (Å²) in [6, 6.07) is 10.3. The van der Waals surface area contributed by atoms with Crippen molar-refractivity contribution in [2.45, 2.75) is 34.1 Å². The summed E-state index contributed by atoms with van der Waals surface area (Å²) in [6.45, 7) is 10.5. The second-order valence-corrected chi connectivity index (χ2v) is 6.43. The molecule has 0 heterocycles. The van der Waals surface area contributed by atoms with Crippen LogP contribution in [0.4, 0.5) is 0 Å². The van der Waals surface area contributed by atoms with Crippen LogP contribution in [0.1, 0.15) is 33.3 Å². The van der Waals surface area contributed by atoms with Gasteiger partial charge >= 0.3 is 0 Å². The molecule has 0 aliphatic heterocycles. The van der Waals surface area contributed by atoms with Crippen LogP contribution < -0.4 is 16.0 Å². The number of carbonyl (C=O) groups excluding carboxylic acids is 1. The number of hydrogen-bond donors (Lipinski definition) is 3. The largest absolute Gasteiger partial charge is 0.357 e. The maximum atomic E-state index is 11.8.